The molecule has 0 amide bonds. The van der Waals surface area contributed by atoms with Crippen LogP contribution < -0.4 is 4.90 Å². The molecule has 0 aromatic carbocycles. The van der Waals surface area contributed by atoms with Crippen molar-refractivity contribution in [3.05, 3.63) is 33.5 Å². The Kier molecular flexibility index (Phi) is 3.53. The number of anilines is 1. The van der Waals surface area contributed by atoms with Crippen molar-refractivity contribution < 1.29 is 0 Å². The molecule has 0 saturated carbocycles. The van der Waals surface area contributed by atoms with Gasteiger partial charge in [-0.2, -0.15) is 5.26 Å². The van der Waals surface area contributed by atoms with Crippen LogP contribution in [0.1, 0.15) is 22.1 Å². The van der Waals surface area contributed by atoms with E-state index in [0.717, 1.165) is 16.4 Å². The van der Waals surface area contributed by atoms with Crippen LogP contribution in [0.3, 0.4) is 0 Å². The van der Waals surface area contributed by atoms with E-state index >= 15 is 0 Å². The molecule has 0 fully saturated rings. The van der Waals surface area contributed by atoms with Crippen LogP contribution in [0.2, 0.25) is 0 Å². The van der Waals surface area contributed by atoms with E-state index in [2.05, 4.69) is 15.0 Å². The number of aryl methyl sites for hydroxylation is 2. The SMILES string of the molecule is Cc1cc(C#N)nc(N(C)Cc2csc(C)n2)n1. The van der Waals surface area contributed by atoms with Crippen LogP contribution in [0.25, 0.3) is 0 Å². The molecular formula is C12H13N5S. The van der Waals surface area contributed by atoms with E-state index < -0.39 is 0 Å². The molecule has 2 aromatic heterocycles. The Morgan fingerprint density at radius 3 is 2.72 bits per heavy atom. The number of nitriles is 1. The van der Waals surface area contributed by atoms with Crippen LogP contribution in [0.15, 0.2) is 11.4 Å². The molecule has 0 radical (unpaired) electrons. The summed E-state index contributed by atoms with van der Waals surface area (Å²) in [6.45, 7) is 4.47. The summed E-state index contributed by atoms with van der Waals surface area (Å²) in [5.41, 5.74) is 2.17. The van der Waals surface area contributed by atoms with Crippen LogP contribution in [-0.4, -0.2) is 22.0 Å². The van der Waals surface area contributed by atoms with E-state index in [1.54, 1.807) is 17.4 Å². The van der Waals surface area contributed by atoms with E-state index in [4.69, 9.17) is 5.26 Å². The Morgan fingerprint density at radius 1 is 1.33 bits per heavy atom. The monoisotopic (exact) mass is 259 g/mol. The average Bonchev–Trinajstić information content (AvgIpc) is 2.73. The zero-order valence-electron chi connectivity index (χ0n) is 10.5. The first-order valence-electron chi connectivity index (χ1n) is 5.46. The van der Waals surface area contributed by atoms with Crippen molar-refractivity contribution in [1.29, 1.82) is 5.26 Å². The fourth-order valence-electron chi connectivity index (χ4n) is 1.58. The second-order valence-corrected chi connectivity index (χ2v) is 5.08. The molecule has 0 N–H and O–H groups in total. The summed E-state index contributed by atoms with van der Waals surface area (Å²) >= 11 is 1.62. The smallest absolute Gasteiger partial charge is 0.226 e. The molecule has 0 saturated heterocycles. The van der Waals surface area contributed by atoms with Gasteiger partial charge in [-0.25, -0.2) is 15.0 Å². The molecule has 6 heteroatoms. The summed E-state index contributed by atoms with van der Waals surface area (Å²) < 4.78 is 0. The Morgan fingerprint density at radius 2 is 2.11 bits per heavy atom. The van der Waals surface area contributed by atoms with Gasteiger partial charge >= 0.3 is 0 Å². The molecule has 0 aliphatic carbocycles. The largest absolute Gasteiger partial charge is 0.338 e. The normalized spacial score (nSPS) is 10.1. The number of rotatable bonds is 3. The first-order chi connectivity index (χ1) is 8.58. The lowest BCUT2D eigenvalue weighted by molar-refractivity contribution is 0.837. The van der Waals surface area contributed by atoms with Gasteiger partial charge in [0, 0.05) is 18.1 Å². The summed E-state index contributed by atoms with van der Waals surface area (Å²) in [6.07, 6.45) is 0. The van der Waals surface area contributed by atoms with Crippen LogP contribution in [0, 0.1) is 25.2 Å². The van der Waals surface area contributed by atoms with Crippen molar-refractivity contribution in [2.45, 2.75) is 20.4 Å². The van der Waals surface area contributed by atoms with Gasteiger partial charge in [0.1, 0.15) is 11.8 Å². The summed E-state index contributed by atoms with van der Waals surface area (Å²) in [5.74, 6) is 0.553. The standard InChI is InChI=1S/C12H13N5S/c1-8-4-10(5-13)16-12(14-8)17(3)6-11-7-18-9(2)15-11/h4,7H,6H2,1-3H3. The fourth-order valence-corrected chi connectivity index (χ4v) is 2.18. The molecule has 0 spiro atoms. The van der Waals surface area contributed by atoms with Gasteiger partial charge in [0.05, 0.1) is 17.2 Å². The van der Waals surface area contributed by atoms with Crippen LogP contribution in [0.4, 0.5) is 5.95 Å². The molecule has 0 unspecified atom stereocenters. The second-order valence-electron chi connectivity index (χ2n) is 4.02. The van der Waals surface area contributed by atoms with E-state index in [-0.39, 0.29) is 0 Å². The molecule has 5 nitrogen and oxygen atoms in total. The molecule has 18 heavy (non-hydrogen) atoms. The minimum absolute atomic E-state index is 0.388. The van der Waals surface area contributed by atoms with Crippen molar-refractivity contribution in [1.82, 2.24) is 15.0 Å². The van der Waals surface area contributed by atoms with Crippen LogP contribution in [-0.2, 0) is 6.54 Å². The maximum Gasteiger partial charge on any atom is 0.226 e. The topological polar surface area (TPSA) is 65.7 Å². The van der Waals surface area contributed by atoms with Gasteiger partial charge in [-0.1, -0.05) is 0 Å². The predicted molar refractivity (Wildman–Crippen MR) is 70.4 cm³/mol. The van der Waals surface area contributed by atoms with E-state index in [1.165, 1.54) is 0 Å². The summed E-state index contributed by atoms with van der Waals surface area (Å²) in [7, 11) is 1.89. The average molecular weight is 259 g/mol. The van der Waals surface area contributed by atoms with Gasteiger partial charge < -0.3 is 4.90 Å². The molecular weight excluding hydrogens is 246 g/mol. The maximum atomic E-state index is 8.89. The third kappa shape index (κ3) is 2.81. The van der Waals surface area contributed by atoms with Gasteiger partial charge in [-0.3, -0.25) is 0 Å². The third-order valence-corrected chi connectivity index (χ3v) is 3.19. The molecule has 0 aliphatic heterocycles. The first kappa shape index (κ1) is 12.5. The molecule has 92 valence electrons. The van der Waals surface area contributed by atoms with Crippen molar-refractivity contribution >= 4 is 17.3 Å². The van der Waals surface area contributed by atoms with Gasteiger partial charge in [0.15, 0.2) is 0 Å². The van der Waals surface area contributed by atoms with E-state index in [9.17, 15) is 0 Å². The zero-order valence-corrected chi connectivity index (χ0v) is 11.3. The Balaban J connectivity index is 2.21. The molecule has 0 bridgehead atoms. The highest BCUT2D eigenvalue weighted by Crippen LogP contribution is 2.14. The maximum absolute atomic E-state index is 8.89. The lowest BCUT2D eigenvalue weighted by atomic mass is 10.3. The molecule has 0 aliphatic rings. The van der Waals surface area contributed by atoms with Crippen LogP contribution >= 0.6 is 11.3 Å². The van der Waals surface area contributed by atoms with Gasteiger partial charge in [-0.15, -0.1) is 11.3 Å². The molecule has 0 atom stereocenters. The number of hydrogen-bond acceptors (Lipinski definition) is 6. The number of nitrogens with zero attached hydrogens (tertiary/aromatic N) is 5. The van der Waals surface area contributed by atoms with Gasteiger partial charge in [-0.05, 0) is 19.9 Å². The summed E-state index contributed by atoms with van der Waals surface area (Å²) in [5, 5.41) is 12.0. The van der Waals surface area contributed by atoms with Gasteiger partial charge in [0.25, 0.3) is 0 Å². The Labute approximate surface area is 110 Å². The fraction of sp³-hybridized carbons (Fsp3) is 0.333. The quantitative estimate of drug-likeness (QED) is 0.844. The van der Waals surface area contributed by atoms with Crippen molar-refractivity contribution in [2.75, 3.05) is 11.9 Å². The second kappa shape index (κ2) is 5.10. The summed E-state index contributed by atoms with van der Waals surface area (Å²) in [4.78, 5) is 14.8. The van der Waals surface area contributed by atoms with Crippen molar-refractivity contribution in [3.63, 3.8) is 0 Å². The number of hydrogen-bond donors (Lipinski definition) is 0. The van der Waals surface area contributed by atoms with Crippen LogP contribution in [0.5, 0.6) is 0 Å². The molecule has 2 aromatic rings. The minimum Gasteiger partial charge on any atom is -0.338 e. The van der Waals surface area contributed by atoms with Crippen molar-refractivity contribution in [2.24, 2.45) is 0 Å². The third-order valence-electron chi connectivity index (χ3n) is 2.36. The zero-order chi connectivity index (χ0) is 13.1. The van der Waals surface area contributed by atoms with Crippen molar-refractivity contribution in [3.8, 4) is 6.07 Å². The lowest BCUT2D eigenvalue weighted by Gasteiger charge is -2.16. The van der Waals surface area contributed by atoms with E-state index in [1.807, 2.05) is 37.2 Å². The lowest BCUT2D eigenvalue weighted by Crippen LogP contribution is -2.20. The predicted octanol–water partition coefficient (Wildman–Crippen LogP) is 2.06. The highest BCUT2D eigenvalue weighted by molar-refractivity contribution is 7.09. The molecule has 2 heterocycles. The Bertz CT molecular complexity index is 599. The van der Waals surface area contributed by atoms with Gasteiger partial charge in [0.2, 0.25) is 5.95 Å². The minimum atomic E-state index is 0.388. The number of thiazole rings is 1. The number of aromatic nitrogens is 3. The highest BCUT2D eigenvalue weighted by atomic mass is 32.1. The molecule has 2 rings (SSSR count). The summed E-state index contributed by atoms with van der Waals surface area (Å²) in [6, 6.07) is 3.71. The van der Waals surface area contributed by atoms with E-state index in [0.29, 0.717) is 18.2 Å². The Hall–Kier alpha value is -2.00. The highest BCUT2D eigenvalue weighted by Gasteiger charge is 2.09. The first-order valence-corrected chi connectivity index (χ1v) is 6.34.